The molecule has 0 atom stereocenters. The third-order valence-electron chi connectivity index (χ3n) is 5.69. The van der Waals surface area contributed by atoms with Gasteiger partial charge in [-0.25, -0.2) is 14.4 Å². The molecule has 0 saturated heterocycles. The number of urea groups is 1. The van der Waals surface area contributed by atoms with Crippen LogP contribution in [0.3, 0.4) is 0 Å². The second kappa shape index (κ2) is 10.6. The van der Waals surface area contributed by atoms with Gasteiger partial charge in [-0.2, -0.15) is 0 Å². The van der Waals surface area contributed by atoms with Crippen LogP contribution in [-0.4, -0.2) is 24.3 Å². The molecule has 0 aliphatic heterocycles. The fraction of sp³-hybridized carbons (Fsp3) is 0.179. The van der Waals surface area contributed by atoms with Gasteiger partial charge in [0.25, 0.3) is 0 Å². The van der Waals surface area contributed by atoms with Gasteiger partial charge in [-0.3, -0.25) is 5.32 Å². The van der Waals surface area contributed by atoms with E-state index in [0.29, 0.717) is 33.6 Å². The van der Waals surface area contributed by atoms with E-state index < -0.39 is 17.7 Å². The molecular weight excluding hydrogens is 490 g/mol. The second-order valence-corrected chi connectivity index (χ2v) is 9.41. The van der Waals surface area contributed by atoms with Crippen LogP contribution in [0.25, 0.3) is 10.8 Å². The lowest BCUT2D eigenvalue weighted by molar-refractivity contribution is 0.209. The van der Waals surface area contributed by atoms with Gasteiger partial charge in [0.1, 0.15) is 11.5 Å². The van der Waals surface area contributed by atoms with E-state index in [4.69, 9.17) is 13.9 Å². The summed E-state index contributed by atoms with van der Waals surface area (Å²) in [6.07, 6.45) is -0.00427. The molecule has 0 saturated carbocycles. The highest BCUT2D eigenvalue weighted by Crippen LogP contribution is 2.39. The molecule has 0 bridgehead atoms. The molecule has 38 heavy (non-hydrogen) atoms. The quantitative estimate of drug-likeness (QED) is 0.225. The number of fused-ring (bicyclic) bond motifs is 1. The standard InChI is InChI=1S/C28H27N3O7/c1-28(2,3)16-13-21(25(36-4)22(14-16)31-27(34)35)30-26(33)29-20-9-10-23(19-8-6-5-7-18(19)20)38-17-11-12-37-24(32)15-17/h5-15,31H,1-4H3,(H,34,35)(H2,29,30,33). The lowest BCUT2D eigenvalue weighted by atomic mass is 9.86. The highest BCUT2D eigenvalue weighted by Gasteiger charge is 2.22. The first-order chi connectivity index (χ1) is 18.0. The molecule has 0 aliphatic carbocycles. The fourth-order valence-electron chi connectivity index (χ4n) is 3.88. The molecular formula is C28H27N3O7. The van der Waals surface area contributed by atoms with Crippen LogP contribution in [0.5, 0.6) is 17.2 Å². The van der Waals surface area contributed by atoms with Crippen LogP contribution < -0.4 is 31.0 Å². The molecule has 196 valence electrons. The van der Waals surface area contributed by atoms with Gasteiger partial charge in [0.15, 0.2) is 5.75 Å². The Morgan fingerprint density at radius 1 is 0.868 bits per heavy atom. The predicted molar refractivity (Wildman–Crippen MR) is 145 cm³/mol. The van der Waals surface area contributed by atoms with Crippen molar-refractivity contribution in [1.29, 1.82) is 0 Å². The van der Waals surface area contributed by atoms with Gasteiger partial charge in [-0.15, -0.1) is 0 Å². The molecule has 0 aliphatic rings. The maximum Gasteiger partial charge on any atom is 0.409 e. The molecule has 3 amide bonds. The van der Waals surface area contributed by atoms with E-state index in [1.807, 2.05) is 45.0 Å². The smallest absolute Gasteiger partial charge is 0.409 e. The topological polar surface area (TPSA) is 139 Å². The van der Waals surface area contributed by atoms with E-state index in [9.17, 15) is 19.5 Å². The molecule has 0 unspecified atom stereocenters. The maximum atomic E-state index is 13.1. The number of ether oxygens (including phenoxy) is 2. The number of rotatable bonds is 6. The molecule has 3 aromatic carbocycles. The summed E-state index contributed by atoms with van der Waals surface area (Å²) in [4.78, 5) is 36.0. The van der Waals surface area contributed by atoms with E-state index in [1.54, 1.807) is 24.3 Å². The minimum atomic E-state index is -1.25. The van der Waals surface area contributed by atoms with Crippen LogP contribution in [0.4, 0.5) is 26.7 Å². The normalized spacial score (nSPS) is 11.1. The van der Waals surface area contributed by atoms with E-state index in [0.717, 1.165) is 5.56 Å². The minimum Gasteiger partial charge on any atom is -0.492 e. The SMILES string of the molecule is COc1c(NC(=O)O)cc(C(C)(C)C)cc1NC(=O)Nc1ccc(Oc2ccoc(=O)c2)c2ccccc12. The Morgan fingerprint density at radius 3 is 2.16 bits per heavy atom. The first-order valence-corrected chi connectivity index (χ1v) is 11.6. The highest BCUT2D eigenvalue weighted by atomic mass is 16.5. The predicted octanol–water partition coefficient (Wildman–Crippen LogP) is 6.63. The van der Waals surface area contributed by atoms with E-state index >= 15 is 0 Å². The Kier molecular flexibility index (Phi) is 7.24. The molecule has 0 fully saturated rings. The van der Waals surface area contributed by atoms with Gasteiger partial charge in [0, 0.05) is 16.8 Å². The van der Waals surface area contributed by atoms with Gasteiger partial charge in [0.2, 0.25) is 0 Å². The molecule has 4 N–H and O–H groups in total. The van der Waals surface area contributed by atoms with Crippen molar-refractivity contribution in [2.75, 3.05) is 23.1 Å². The van der Waals surface area contributed by atoms with Crippen molar-refractivity contribution in [3.63, 3.8) is 0 Å². The highest BCUT2D eigenvalue weighted by molar-refractivity contribution is 6.08. The van der Waals surface area contributed by atoms with Crippen molar-refractivity contribution in [1.82, 2.24) is 0 Å². The van der Waals surface area contributed by atoms with E-state index in [-0.39, 0.29) is 16.9 Å². The number of nitrogens with one attached hydrogen (secondary N) is 3. The van der Waals surface area contributed by atoms with E-state index in [1.165, 1.54) is 25.5 Å². The third-order valence-corrected chi connectivity index (χ3v) is 5.69. The first kappa shape index (κ1) is 26.1. The number of amides is 3. The van der Waals surface area contributed by atoms with Crippen LogP contribution >= 0.6 is 0 Å². The molecule has 1 heterocycles. The zero-order chi connectivity index (χ0) is 27.4. The summed E-state index contributed by atoms with van der Waals surface area (Å²) in [5.41, 5.74) is 0.944. The number of hydrogen-bond donors (Lipinski definition) is 4. The van der Waals surface area contributed by atoms with Crippen LogP contribution in [0, 0.1) is 0 Å². The van der Waals surface area contributed by atoms with Gasteiger partial charge in [0.05, 0.1) is 36.5 Å². The summed E-state index contributed by atoms with van der Waals surface area (Å²) in [7, 11) is 1.39. The number of anilines is 3. The zero-order valence-electron chi connectivity index (χ0n) is 21.2. The van der Waals surface area contributed by atoms with Crippen molar-refractivity contribution < 1.29 is 28.6 Å². The first-order valence-electron chi connectivity index (χ1n) is 11.6. The number of hydrogen-bond acceptors (Lipinski definition) is 6. The molecule has 0 radical (unpaired) electrons. The average molecular weight is 518 g/mol. The van der Waals surface area contributed by atoms with Gasteiger partial charge in [-0.05, 0) is 35.2 Å². The number of benzene rings is 3. The van der Waals surface area contributed by atoms with Crippen molar-refractivity contribution in [3.05, 3.63) is 82.9 Å². The Balaban J connectivity index is 1.65. The summed E-state index contributed by atoms with van der Waals surface area (Å²) >= 11 is 0. The molecule has 4 aromatic rings. The van der Waals surface area contributed by atoms with Crippen molar-refractivity contribution in [3.8, 4) is 17.2 Å². The molecule has 4 rings (SSSR count). The Labute approximate surface area is 218 Å². The molecule has 0 spiro atoms. The van der Waals surface area contributed by atoms with Gasteiger partial charge < -0.3 is 29.6 Å². The van der Waals surface area contributed by atoms with Crippen LogP contribution in [-0.2, 0) is 5.41 Å². The van der Waals surface area contributed by atoms with Gasteiger partial charge in [-0.1, -0.05) is 45.0 Å². The van der Waals surface area contributed by atoms with Crippen LogP contribution in [0.1, 0.15) is 26.3 Å². The maximum absolute atomic E-state index is 13.1. The third kappa shape index (κ3) is 5.86. The summed E-state index contributed by atoms with van der Waals surface area (Å²) < 4.78 is 16.1. The largest absolute Gasteiger partial charge is 0.492 e. The fourth-order valence-corrected chi connectivity index (χ4v) is 3.88. The van der Waals surface area contributed by atoms with Crippen LogP contribution in [0.2, 0.25) is 0 Å². The second-order valence-electron chi connectivity index (χ2n) is 9.41. The Bertz CT molecular complexity index is 1570. The number of carbonyl (C=O) groups excluding carboxylic acids is 1. The summed E-state index contributed by atoms with van der Waals surface area (Å²) in [6.45, 7) is 5.92. The Hall–Kier alpha value is -4.99. The summed E-state index contributed by atoms with van der Waals surface area (Å²) in [6, 6.07) is 16.3. The van der Waals surface area contributed by atoms with Gasteiger partial charge >= 0.3 is 17.7 Å². The molecule has 10 nitrogen and oxygen atoms in total. The summed E-state index contributed by atoms with van der Waals surface area (Å²) in [5, 5.41) is 18.6. The zero-order valence-corrected chi connectivity index (χ0v) is 21.2. The lowest BCUT2D eigenvalue weighted by Gasteiger charge is -2.23. The summed E-state index contributed by atoms with van der Waals surface area (Å²) in [5.74, 6) is 0.985. The van der Waals surface area contributed by atoms with Crippen molar-refractivity contribution in [2.45, 2.75) is 26.2 Å². The van der Waals surface area contributed by atoms with Crippen molar-refractivity contribution in [2.24, 2.45) is 0 Å². The number of carbonyl (C=O) groups is 2. The number of carboxylic acid groups (broad SMARTS) is 1. The van der Waals surface area contributed by atoms with Crippen LogP contribution in [0.15, 0.2) is 76.1 Å². The lowest BCUT2D eigenvalue weighted by Crippen LogP contribution is -2.22. The average Bonchev–Trinajstić information content (AvgIpc) is 2.84. The Morgan fingerprint density at radius 2 is 1.53 bits per heavy atom. The monoisotopic (exact) mass is 517 g/mol. The van der Waals surface area contributed by atoms with Crippen molar-refractivity contribution >= 4 is 40.0 Å². The molecule has 1 aromatic heterocycles. The van der Waals surface area contributed by atoms with E-state index in [2.05, 4.69) is 16.0 Å². The number of methoxy groups -OCH3 is 1. The minimum absolute atomic E-state index is 0.177. The molecule has 10 heteroatoms.